The summed E-state index contributed by atoms with van der Waals surface area (Å²) in [6.45, 7) is 0. The second-order valence-electron chi connectivity index (χ2n) is 4.29. The maximum Gasteiger partial charge on any atom is 0.258 e. The molecule has 0 fully saturated rings. The van der Waals surface area contributed by atoms with Gasteiger partial charge in [0.25, 0.3) is 5.89 Å². The summed E-state index contributed by atoms with van der Waals surface area (Å²) >= 11 is 1.80. The second-order valence-corrected chi connectivity index (χ2v) is 5.15. The first-order valence-electron chi connectivity index (χ1n) is 6.19. The van der Waals surface area contributed by atoms with Crippen molar-refractivity contribution in [1.29, 1.82) is 0 Å². The van der Waals surface area contributed by atoms with Gasteiger partial charge in [0.05, 0.1) is 0 Å². The number of benzene rings is 1. The average Bonchev–Trinajstić information content (AvgIpc) is 2.99. The zero-order valence-corrected chi connectivity index (χ0v) is 11.8. The van der Waals surface area contributed by atoms with Crippen molar-refractivity contribution in [2.75, 3.05) is 6.26 Å². The third kappa shape index (κ3) is 2.72. The highest BCUT2D eigenvalue weighted by Crippen LogP contribution is 2.22. The predicted molar refractivity (Wildman–Crippen MR) is 80.2 cm³/mol. The third-order valence-electron chi connectivity index (χ3n) is 2.88. The predicted octanol–water partition coefficient (Wildman–Crippen LogP) is 3.66. The van der Waals surface area contributed by atoms with Crippen molar-refractivity contribution in [1.82, 2.24) is 15.1 Å². The molecule has 0 spiro atoms. The number of pyridine rings is 1. The fourth-order valence-corrected chi connectivity index (χ4v) is 2.39. The Kier molecular flexibility index (Phi) is 3.78. The van der Waals surface area contributed by atoms with Crippen LogP contribution in [0.3, 0.4) is 0 Å². The van der Waals surface area contributed by atoms with Crippen molar-refractivity contribution in [2.24, 2.45) is 0 Å². The van der Waals surface area contributed by atoms with E-state index in [1.165, 1.54) is 5.56 Å². The SMILES string of the molecule is CSCc1ccc(-c2noc(-c3ccncc3)n2)cc1. The number of hydrogen-bond acceptors (Lipinski definition) is 5. The van der Waals surface area contributed by atoms with Gasteiger partial charge in [-0.1, -0.05) is 29.4 Å². The van der Waals surface area contributed by atoms with E-state index in [0.717, 1.165) is 16.9 Å². The van der Waals surface area contributed by atoms with Crippen LogP contribution in [0.4, 0.5) is 0 Å². The molecule has 0 N–H and O–H groups in total. The summed E-state index contributed by atoms with van der Waals surface area (Å²) in [6.07, 6.45) is 5.50. The van der Waals surface area contributed by atoms with Gasteiger partial charge in [0.1, 0.15) is 0 Å². The van der Waals surface area contributed by atoms with Crippen LogP contribution in [0.2, 0.25) is 0 Å². The zero-order valence-electron chi connectivity index (χ0n) is 11.0. The van der Waals surface area contributed by atoms with E-state index in [-0.39, 0.29) is 0 Å². The van der Waals surface area contributed by atoms with Gasteiger partial charge >= 0.3 is 0 Å². The largest absolute Gasteiger partial charge is 0.334 e. The average molecular weight is 283 g/mol. The lowest BCUT2D eigenvalue weighted by Gasteiger charge is -1.98. The lowest BCUT2D eigenvalue weighted by molar-refractivity contribution is 0.432. The first-order chi connectivity index (χ1) is 9.86. The molecule has 2 heterocycles. The smallest absolute Gasteiger partial charge is 0.258 e. The van der Waals surface area contributed by atoms with Crippen LogP contribution in [-0.2, 0) is 5.75 Å². The van der Waals surface area contributed by atoms with Crippen LogP contribution in [-0.4, -0.2) is 21.4 Å². The summed E-state index contributed by atoms with van der Waals surface area (Å²) in [7, 11) is 0. The minimum absolute atomic E-state index is 0.510. The Hall–Kier alpha value is -2.14. The van der Waals surface area contributed by atoms with Crippen LogP contribution in [0, 0.1) is 0 Å². The molecule has 0 saturated carbocycles. The van der Waals surface area contributed by atoms with Crippen molar-refractivity contribution >= 4 is 11.8 Å². The normalized spacial score (nSPS) is 10.7. The second kappa shape index (κ2) is 5.88. The topological polar surface area (TPSA) is 51.8 Å². The van der Waals surface area contributed by atoms with E-state index in [4.69, 9.17) is 4.52 Å². The molecule has 3 rings (SSSR count). The molecule has 0 aliphatic rings. The number of hydrogen-bond donors (Lipinski definition) is 0. The van der Waals surface area contributed by atoms with Gasteiger partial charge < -0.3 is 4.52 Å². The Balaban J connectivity index is 1.86. The molecular weight excluding hydrogens is 270 g/mol. The number of aromatic nitrogens is 3. The Morgan fingerprint density at radius 1 is 1.00 bits per heavy atom. The molecule has 0 aliphatic carbocycles. The van der Waals surface area contributed by atoms with E-state index < -0.39 is 0 Å². The van der Waals surface area contributed by atoms with E-state index >= 15 is 0 Å². The van der Waals surface area contributed by atoms with E-state index in [1.807, 2.05) is 24.3 Å². The molecule has 0 aliphatic heterocycles. The lowest BCUT2D eigenvalue weighted by atomic mass is 10.1. The van der Waals surface area contributed by atoms with Crippen molar-refractivity contribution < 1.29 is 4.52 Å². The van der Waals surface area contributed by atoms with Crippen molar-refractivity contribution in [2.45, 2.75) is 5.75 Å². The third-order valence-corrected chi connectivity index (χ3v) is 3.50. The maximum atomic E-state index is 5.29. The van der Waals surface area contributed by atoms with E-state index in [2.05, 4.69) is 33.5 Å². The van der Waals surface area contributed by atoms with Crippen molar-refractivity contribution in [3.63, 3.8) is 0 Å². The molecule has 4 nitrogen and oxygen atoms in total. The molecule has 0 unspecified atom stereocenters. The van der Waals surface area contributed by atoms with Gasteiger partial charge in [-0.2, -0.15) is 16.7 Å². The summed E-state index contributed by atoms with van der Waals surface area (Å²) in [4.78, 5) is 8.39. The van der Waals surface area contributed by atoms with Gasteiger partial charge in [0.15, 0.2) is 0 Å². The standard InChI is InChI=1S/C15H13N3OS/c1-20-10-11-2-4-12(5-3-11)14-17-15(19-18-14)13-6-8-16-9-7-13/h2-9H,10H2,1H3. The molecule has 20 heavy (non-hydrogen) atoms. The Labute approximate surface area is 121 Å². The number of thioether (sulfide) groups is 1. The van der Waals surface area contributed by atoms with Crippen LogP contribution in [0.1, 0.15) is 5.56 Å². The van der Waals surface area contributed by atoms with Gasteiger partial charge in [-0.25, -0.2) is 0 Å². The van der Waals surface area contributed by atoms with Crippen molar-refractivity contribution in [3.8, 4) is 22.8 Å². The molecule has 0 radical (unpaired) electrons. The molecule has 1 aromatic carbocycles. The van der Waals surface area contributed by atoms with Crippen molar-refractivity contribution in [3.05, 3.63) is 54.4 Å². The Morgan fingerprint density at radius 3 is 2.45 bits per heavy atom. The highest BCUT2D eigenvalue weighted by Gasteiger charge is 2.10. The first kappa shape index (κ1) is 12.9. The quantitative estimate of drug-likeness (QED) is 0.731. The minimum Gasteiger partial charge on any atom is -0.334 e. The van der Waals surface area contributed by atoms with Crippen LogP contribution >= 0.6 is 11.8 Å². The van der Waals surface area contributed by atoms with E-state index in [1.54, 1.807) is 24.2 Å². The van der Waals surface area contributed by atoms with E-state index in [0.29, 0.717) is 11.7 Å². The number of nitrogens with zero attached hydrogens (tertiary/aromatic N) is 3. The lowest BCUT2D eigenvalue weighted by Crippen LogP contribution is -1.84. The highest BCUT2D eigenvalue weighted by atomic mass is 32.2. The first-order valence-corrected chi connectivity index (χ1v) is 7.58. The summed E-state index contributed by atoms with van der Waals surface area (Å²) < 4.78 is 5.29. The van der Waals surface area contributed by atoms with Gasteiger partial charge in [0, 0.05) is 29.3 Å². The molecule has 2 aromatic heterocycles. The van der Waals surface area contributed by atoms with Gasteiger partial charge in [0.2, 0.25) is 5.82 Å². The summed E-state index contributed by atoms with van der Waals surface area (Å²) in [5.41, 5.74) is 3.12. The summed E-state index contributed by atoms with van der Waals surface area (Å²) in [5, 5.41) is 4.03. The maximum absolute atomic E-state index is 5.29. The van der Waals surface area contributed by atoms with Gasteiger partial charge in [-0.3, -0.25) is 4.98 Å². The zero-order chi connectivity index (χ0) is 13.8. The van der Waals surface area contributed by atoms with Crippen LogP contribution < -0.4 is 0 Å². The van der Waals surface area contributed by atoms with Crippen LogP contribution in [0.15, 0.2) is 53.3 Å². The van der Waals surface area contributed by atoms with Crippen LogP contribution in [0.25, 0.3) is 22.8 Å². The Morgan fingerprint density at radius 2 is 1.75 bits per heavy atom. The summed E-state index contributed by atoms with van der Waals surface area (Å²) in [6, 6.07) is 11.9. The molecule has 5 heteroatoms. The Bertz CT molecular complexity index is 680. The molecule has 100 valence electrons. The minimum atomic E-state index is 0.510. The molecular formula is C15H13N3OS. The molecule has 0 saturated heterocycles. The van der Waals surface area contributed by atoms with Crippen LogP contribution in [0.5, 0.6) is 0 Å². The fraction of sp³-hybridized carbons (Fsp3) is 0.133. The summed E-state index contributed by atoms with van der Waals surface area (Å²) in [5.74, 6) is 2.12. The molecule has 0 bridgehead atoms. The highest BCUT2D eigenvalue weighted by molar-refractivity contribution is 7.97. The molecule has 0 atom stereocenters. The number of rotatable bonds is 4. The van der Waals surface area contributed by atoms with Gasteiger partial charge in [-0.15, -0.1) is 0 Å². The molecule has 0 amide bonds. The van der Waals surface area contributed by atoms with Gasteiger partial charge in [-0.05, 0) is 24.0 Å². The van der Waals surface area contributed by atoms with E-state index in [9.17, 15) is 0 Å². The monoisotopic (exact) mass is 283 g/mol. The fourth-order valence-electron chi connectivity index (χ4n) is 1.87. The molecule has 3 aromatic rings.